The Labute approximate surface area is 98.9 Å². The van der Waals surface area contributed by atoms with E-state index < -0.39 is 18.1 Å². The summed E-state index contributed by atoms with van der Waals surface area (Å²) in [5.74, 6) is -1.61. The first-order chi connectivity index (χ1) is 7.80. The summed E-state index contributed by atoms with van der Waals surface area (Å²) in [5, 5.41) is 2.59. The Bertz CT molecular complexity index is 266. The van der Waals surface area contributed by atoms with Gasteiger partial charge < -0.3 is 11.1 Å². The van der Waals surface area contributed by atoms with E-state index in [-0.39, 0.29) is 24.7 Å². The predicted molar refractivity (Wildman–Crippen MR) is 58.2 cm³/mol. The molecule has 1 saturated carbocycles. The minimum atomic E-state index is -4.11. The molecule has 0 bridgehead atoms. The van der Waals surface area contributed by atoms with Gasteiger partial charge in [-0.1, -0.05) is 6.42 Å². The number of nitrogens with one attached hydrogen (secondary N) is 1. The fourth-order valence-electron chi connectivity index (χ4n) is 2.18. The minimum Gasteiger partial charge on any atom is -0.354 e. The van der Waals surface area contributed by atoms with Gasteiger partial charge in [0.25, 0.3) is 0 Å². The molecule has 2 unspecified atom stereocenters. The standard InChI is InChI=1S/C11H19F3N2O/c1-7(15)10(17)16-6-8-3-2-4-9(5-8)11(12,13)14/h7-9H,2-6,15H2,1H3,(H,16,17)/t7-,8?,9?/m1/s1. The van der Waals surface area contributed by atoms with Crippen LogP contribution in [0.25, 0.3) is 0 Å². The third-order valence-corrected chi connectivity index (χ3v) is 3.22. The van der Waals surface area contributed by atoms with Crippen molar-refractivity contribution in [3.8, 4) is 0 Å². The molecule has 100 valence electrons. The van der Waals surface area contributed by atoms with Crippen LogP contribution >= 0.6 is 0 Å². The summed E-state index contributed by atoms with van der Waals surface area (Å²) >= 11 is 0. The van der Waals surface area contributed by atoms with Gasteiger partial charge in [0.2, 0.25) is 5.91 Å². The maximum atomic E-state index is 12.5. The molecule has 3 nitrogen and oxygen atoms in total. The van der Waals surface area contributed by atoms with Crippen LogP contribution in [0.1, 0.15) is 32.6 Å². The van der Waals surface area contributed by atoms with E-state index in [0.29, 0.717) is 13.0 Å². The minimum absolute atomic E-state index is 0.0851. The highest BCUT2D eigenvalue weighted by Gasteiger charge is 2.42. The molecular formula is C11H19F3N2O. The number of amides is 1. The first-order valence-electron chi connectivity index (χ1n) is 5.90. The molecule has 1 aliphatic rings. The van der Waals surface area contributed by atoms with Gasteiger partial charge >= 0.3 is 6.18 Å². The van der Waals surface area contributed by atoms with Crippen LogP contribution in [-0.2, 0) is 4.79 Å². The molecule has 3 atom stereocenters. The number of hydrogen-bond donors (Lipinski definition) is 2. The molecule has 0 aromatic rings. The van der Waals surface area contributed by atoms with Gasteiger partial charge in [-0.25, -0.2) is 0 Å². The molecule has 3 N–H and O–H groups in total. The fraction of sp³-hybridized carbons (Fsp3) is 0.909. The van der Waals surface area contributed by atoms with Crippen molar-refractivity contribution in [3.63, 3.8) is 0 Å². The highest BCUT2D eigenvalue weighted by molar-refractivity contribution is 5.80. The monoisotopic (exact) mass is 252 g/mol. The zero-order chi connectivity index (χ0) is 13.1. The van der Waals surface area contributed by atoms with Gasteiger partial charge in [-0.15, -0.1) is 0 Å². The largest absolute Gasteiger partial charge is 0.391 e. The third-order valence-electron chi connectivity index (χ3n) is 3.22. The van der Waals surface area contributed by atoms with Gasteiger partial charge in [0.1, 0.15) is 0 Å². The second-order valence-electron chi connectivity index (χ2n) is 4.80. The third kappa shape index (κ3) is 4.53. The van der Waals surface area contributed by atoms with Crippen LogP contribution in [0.15, 0.2) is 0 Å². The van der Waals surface area contributed by atoms with E-state index in [1.165, 1.54) is 0 Å². The molecule has 0 aliphatic heterocycles. The summed E-state index contributed by atoms with van der Waals surface area (Å²) in [7, 11) is 0. The lowest BCUT2D eigenvalue weighted by atomic mass is 9.81. The number of rotatable bonds is 3. The van der Waals surface area contributed by atoms with E-state index in [2.05, 4.69) is 5.32 Å². The van der Waals surface area contributed by atoms with Crippen molar-refractivity contribution in [1.29, 1.82) is 0 Å². The van der Waals surface area contributed by atoms with Crippen molar-refractivity contribution in [2.24, 2.45) is 17.6 Å². The van der Waals surface area contributed by atoms with Crippen LogP contribution in [0.4, 0.5) is 13.2 Å². The molecule has 0 spiro atoms. The van der Waals surface area contributed by atoms with Crippen molar-refractivity contribution in [3.05, 3.63) is 0 Å². The smallest absolute Gasteiger partial charge is 0.354 e. The maximum Gasteiger partial charge on any atom is 0.391 e. The molecular weight excluding hydrogens is 233 g/mol. The summed E-state index contributed by atoms with van der Waals surface area (Å²) < 4.78 is 37.6. The Morgan fingerprint density at radius 1 is 1.47 bits per heavy atom. The molecule has 6 heteroatoms. The lowest BCUT2D eigenvalue weighted by Gasteiger charge is -2.30. The second-order valence-corrected chi connectivity index (χ2v) is 4.80. The predicted octanol–water partition coefficient (Wildman–Crippen LogP) is 1.82. The summed E-state index contributed by atoms with van der Waals surface area (Å²) in [6, 6.07) is -0.614. The molecule has 1 rings (SSSR count). The van der Waals surface area contributed by atoms with Crippen LogP contribution in [0.3, 0.4) is 0 Å². The summed E-state index contributed by atoms with van der Waals surface area (Å²) in [5.41, 5.74) is 5.36. The number of nitrogens with two attached hydrogens (primary N) is 1. The molecule has 1 fully saturated rings. The van der Waals surface area contributed by atoms with Crippen molar-refractivity contribution < 1.29 is 18.0 Å². The number of carbonyl (C=O) groups excluding carboxylic acids is 1. The highest BCUT2D eigenvalue weighted by Crippen LogP contribution is 2.39. The Morgan fingerprint density at radius 3 is 2.65 bits per heavy atom. The maximum absolute atomic E-state index is 12.5. The molecule has 17 heavy (non-hydrogen) atoms. The molecule has 0 aromatic carbocycles. The average molecular weight is 252 g/mol. The fourth-order valence-corrected chi connectivity index (χ4v) is 2.18. The van der Waals surface area contributed by atoms with E-state index in [1.54, 1.807) is 6.92 Å². The SMILES string of the molecule is C[C@@H](N)C(=O)NCC1CCCC(C(F)(F)F)C1. The van der Waals surface area contributed by atoms with Crippen molar-refractivity contribution >= 4 is 5.91 Å². The van der Waals surface area contributed by atoms with Crippen molar-refractivity contribution in [2.75, 3.05) is 6.54 Å². The zero-order valence-electron chi connectivity index (χ0n) is 9.89. The van der Waals surface area contributed by atoms with Gasteiger partial charge in [0, 0.05) is 6.54 Å². The number of hydrogen-bond acceptors (Lipinski definition) is 2. The quantitative estimate of drug-likeness (QED) is 0.805. The van der Waals surface area contributed by atoms with Crippen molar-refractivity contribution in [1.82, 2.24) is 5.32 Å². The Balaban J connectivity index is 2.38. The van der Waals surface area contributed by atoms with Gasteiger partial charge in [-0.05, 0) is 32.1 Å². The van der Waals surface area contributed by atoms with E-state index in [9.17, 15) is 18.0 Å². The van der Waals surface area contributed by atoms with E-state index in [4.69, 9.17) is 5.73 Å². The molecule has 0 aromatic heterocycles. The van der Waals surface area contributed by atoms with Crippen LogP contribution < -0.4 is 11.1 Å². The van der Waals surface area contributed by atoms with Gasteiger partial charge in [0.15, 0.2) is 0 Å². The summed E-state index contributed by atoms with van der Waals surface area (Å²) in [4.78, 5) is 11.2. The number of carbonyl (C=O) groups is 1. The van der Waals surface area contributed by atoms with Crippen LogP contribution in [0, 0.1) is 11.8 Å². The first kappa shape index (κ1) is 14.3. The highest BCUT2D eigenvalue weighted by atomic mass is 19.4. The lowest BCUT2D eigenvalue weighted by Crippen LogP contribution is -2.42. The zero-order valence-corrected chi connectivity index (χ0v) is 9.89. The molecule has 0 radical (unpaired) electrons. The molecule has 0 heterocycles. The molecule has 1 amide bonds. The first-order valence-corrected chi connectivity index (χ1v) is 5.90. The number of alkyl halides is 3. The Hall–Kier alpha value is -0.780. The molecule has 0 saturated heterocycles. The Morgan fingerprint density at radius 2 is 2.12 bits per heavy atom. The van der Waals surface area contributed by atoms with Crippen LogP contribution in [-0.4, -0.2) is 24.7 Å². The average Bonchev–Trinajstić information content (AvgIpc) is 2.25. The van der Waals surface area contributed by atoms with Crippen LogP contribution in [0.5, 0.6) is 0 Å². The van der Waals surface area contributed by atoms with E-state index in [0.717, 1.165) is 6.42 Å². The summed E-state index contributed by atoms with van der Waals surface area (Å²) in [6.45, 7) is 1.85. The van der Waals surface area contributed by atoms with E-state index >= 15 is 0 Å². The number of halogens is 3. The van der Waals surface area contributed by atoms with Crippen LogP contribution in [0.2, 0.25) is 0 Å². The Kier molecular flexibility index (Phi) is 4.80. The normalized spacial score (nSPS) is 27.6. The van der Waals surface area contributed by atoms with Gasteiger partial charge in [0.05, 0.1) is 12.0 Å². The molecule has 1 aliphatic carbocycles. The topological polar surface area (TPSA) is 55.1 Å². The second kappa shape index (κ2) is 5.71. The van der Waals surface area contributed by atoms with Gasteiger partial charge in [-0.3, -0.25) is 4.79 Å². The van der Waals surface area contributed by atoms with Crippen molar-refractivity contribution in [2.45, 2.75) is 44.8 Å². The lowest BCUT2D eigenvalue weighted by molar-refractivity contribution is -0.185. The summed E-state index contributed by atoms with van der Waals surface area (Å²) in [6.07, 6.45) is -2.47. The van der Waals surface area contributed by atoms with Gasteiger partial charge in [-0.2, -0.15) is 13.2 Å². The van der Waals surface area contributed by atoms with E-state index in [1.807, 2.05) is 0 Å².